The van der Waals surface area contributed by atoms with Crippen LogP contribution in [0, 0.1) is 0 Å². The third kappa shape index (κ3) is 3.64. The highest BCUT2D eigenvalue weighted by Gasteiger charge is 2.25. The SMILES string of the molecule is CCN(C)Cc1cnn(C2CCC2)c1-c1ccc(OC(C)C)cc1. The minimum absolute atomic E-state index is 0.199. The molecule has 0 atom stereocenters. The van der Waals surface area contributed by atoms with Crippen molar-refractivity contribution >= 4 is 0 Å². The molecule has 1 fully saturated rings. The van der Waals surface area contributed by atoms with Crippen LogP contribution >= 0.6 is 0 Å². The number of aromatic nitrogens is 2. The Morgan fingerprint density at radius 1 is 1.25 bits per heavy atom. The second kappa shape index (κ2) is 7.39. The van der Waals surface area contributed by atoms with Crippen molar-refractivity contribution in [1.82, 2.24) is 14.7 Å². The summed E-state index contributed by atoms with van der Waals surface area (Å²) in [5, 5.41) is 4.73. The smallest absolute Gasteiger partial charge is 0.119 e. The van der Waals surface area contributed by atoms with Crippen LogP contribution in [-0.2, 0) is 6.54 Å². The summed E-state index contributed by atoms with van der Waals surface area (Å²) in [4.78, 5) is 2.32. The maximum atomic E-state index is 5.78. The van der Waals surface area contributed by atoms with E-state index in [0.717, 1.165) is 18.8 Å². The fourth-order valence-electron chi connectivity index (χ4n) is 3.11. The molecule has 0 aliphatic heterocycles. The van der Waals surface area contributed by atoms with Gasteiger partial charge in [0.1, 0.15) is 5.75 Å². The molecule has 0 saturated heterocycles. The van der Waals surface area contributed by atoms with Crippen LogP contribution in [0.3, 0.4) is 0 Å². The van der Waals surface area contributed by atoms with Crippen molar-refractivity contribution in [2.75, 3.05) is 13.6 Å². The van der Waals surface area contributed by atoms with Gasteiger partial charge in [-0.1, -0.05) is 6.92 Å². The number of rotatable bonds is 7. The van der Waals surface area contributed by atoms with E-state index in [2.05, 4.69) is 67.9 Å². The van der Waals surface area contributed by atoms with Crippen molar-refractivity contribution < 1.29 is 4.74 Å². The van der Waals surface area contributed by atoms with Gasteiger partial charge in [0.2, 0.25) is 0 Å². The number of benzene rings is 1. The van der Waals surface area contributed by atoms with E-state index < -0.39 is 0 Å². The third-order valence-corrected chi connectivity index (χ3v) is 4.77. The van der Waals surface area contributed by atoms with Gasteiger partial charge in [-0.2, -0.15) is 5.10 Å². The first kappa shape index (κ1) is 17.0. The molecule has 2 aromatic rings. The van der Waals surface area contributed by atoms with Gasteiger partial charge in [0, 0.05) is 17.7 Å². The van der Waals surface area contributed by atoms with Crippen molar-refractivity contribution in [2.45, 2.75) is 58.7 Å². The van der Waals surface area contributed by atoms with Gasteiger partial charge in [0.15, 0.2) is 0 Å². The zero-order chi connectivity index (χ0) is 17.1. The Hall–Kier alpha value is -1.81. The monoisotopic (exact) mass is 327 g/mol. The summed E-state index contributed by atoms with van der Waals surface area (Å²) in [7, 11) is 2.16. The second-order valence-corrected chi connectivity index (χ2v) is 7.07. The summed E-state index contributed by atoms with van der Waals surface area (Å²) < 4.78 is 8.03. The van der Waals surface area contributed by atoms with Crippen LogP contribution < -0.4 is 4.74 Å². The molecule has 0 spiro atoms. The van der Waals surface area contributed by atoms with Crippen molar-refractivity contribution in [3.8, 4) is 17.0 Å². The van der Waals surface area contributed by atoms with Crippen LogP contribution in [0.1, 0.15) is 51.6 Å². The predicted molar refractivity (Wildman–Crippen MR) is 98.3 cm³/mol. The molecule has 0 amide bonds. The Morgan fingerprint density at radius 2 is 1.96 bits per heavy atom. The highest BCUT2D eigenvalue weighted by molar-refractivity contribution is 5.64. The lowest BCUT2D eigenvalue weighted by Crippen LogP contribution is -2.20. The summed E-state index contributed by atoms with van der Waals surface area (Å²) in [6.45, 7) is 8.27. The molecule has 0 radical (unpaired) electrons. The van der Waals surface area contributed by atoms with Gasteiger partial charge in [-0.15, -0.1) is 0 Å². The van der Waals surface area contributed by atoms with Gasteiger partial charge in [-0.25, -0.2) is 0 Å². The molecule has 4 nitrogen and oxygen atoms in total. The van der Waals surface area contributed by atoms with Crippen LogP contribution in [0.15, 0.2) is 30.5 Å². The molecule has 1 aliphatic carbocycles. The average molecular weight is 327 g/mol. The lowest BCUT2D eigenvalue weighted by Gasteiger charge is -2.28. The van der Waals surface area contributed by atoms with E-state index in [1.165, 1.54) is 36.1 Å². The summed E-state index contributed by atoms with van der Waals surface area (Å²) >= 11 is 0. The molecule has 1 aromatic carbocycles. The Morgan fingerprint density at radius 3 is 2.50 bits per heavy atom. The highest BCUT2D eigenvalue weighted by Crippen LogP contribution is 2.37. The second-order valence-electron chi connectivity index (χ2n) is 7.07. The molecule has 4 heteroatoms. The number of hydrogen-bond donors (Lipinski definition) is 0. The topological polar surface area (TPSA) is 30.3 Å². The first-order chi connectivity index (χ1) is 11.6. The van der Waals surface area contributed by atoms with Crippen LogP contribution in [0.2, 0.25) is 0 Å². The van der Waals surface area contributed by atoms with Gasteiger partial charge >= 0.3 is 0 Å². The summed E-state index contributed by atoms with van der Waals surface area (Å²) in [5.74, 6) is 0.927. The largest absolute Gasteiger partial charge is 0.491 e. The van der Waals surface area contributed by atoms with Gasteiger partial charge in [0.05, 0.1) is 24.0 Å². The van der Waals surface area contributed by atoms with Crippen LogP contribution in [0.4, 0.5) is 0 Å². The Labute approximate surface area is 145 Å². The van der Waals surface area contributed by atoms with Crippen LogP contribution in [0.5, 0.6) is 5.75 Å². The third-order valence-electron chi connectivity index (χ3n) is 4.77. The van der Waals surface area contributed by atoms with Crippen molar-refractivity contribution in [3.05, 3.63) is 36.0 Å². The molecule has 0 unspecified atom stereocenters. The maximum absolute atomic E-state index is 5.78. The first-order valence-corrected chi connectivity index (χ1v) is 9.10. The summed E-state index contributed by atoms with van der Waals surface area (Å²) in [6.07, 6.45) is 6.05. The zero-order valence-corrected chi connectivity index (χ0v) is 15.3. The quantitative estimate of drug-likeness (QED) is 0.749. The molecule has 1 saturated carbocycles. The van der Waals surface area contributed by atoms with Gasteiger partial charge in [0.25, 0.3) is 0 Å². The van der Waals surface area contributed by atoms with Crippen molar-refractivity contribution in [3.63, 3.8) is 0 Å². The van der Waals surface area contributed by atoms with Crippen LogP contribution in [-0.4, -0.2) is 34.4 Å². The molecule has 24 heavy (non-hydrogen) atoms. The minimum Gasteiger partial charge on any atom is -0.491 e. The van der Waals surface area contributed by atoms with E-state index in [4.69, 9.17) is 9.84 Å². The molecule has 1 heterocycles. The highest BCUT2D eigenvalue weighted by atomic mass is 16.5. The first-order valence-electron chi connectivity index (χ1n) is 9.10. The molecule has 0 bridgehead atoms. The lowest BCUT2D eigenvalue weighted by molar-refractivity contribution is 0.242. The van der Waals surface area contributed by atoms with E-state index in [9.17, 15) is 0 Å². The van der Waals surface area contributed by atoms with Crippen molar-refractivity contribution in [1.29, 1.82) is 0 Å². The summed E-state index contributed by atoms with van der Waals surface area (Å²) in [6, 6.07) is 9.03. The molecule has 3 rings (SSSR count). The number of hydrogen-bond acceptors (Lipinski definition) is 3. The van der Waals surface area contributed by atoms with Gasteiger partial charge in [-0.3, -0.25) is 4.68 Å². The molecule has 130 valence electrons. The molecule has 0 N–H and O–H groups in total. The Balaban J connectivity index is 1.92. The normalized spacial score (nSPS) is 15.1. The standard InChI is InChI=1S/C20H29N3O/c1-5-22(4)14-17-13-21-23(18-7-6-8-18)20(17)16-9-11-19(12-10-16)24-15(2)3/h9-13,15,18H,5-8,14H2,1-4H3. The fourth-order valence-corrected chi connectivity index (χ4v) is 3.11. The van der Waals surface area contributed by atoms with Crippen molar-refractivity contribution in [2.24, 2.45) is 0 Å². The molecular weight excluding hydrogens is 298 g/mol. The molecule has 1 aliphatic rings. The summed E-state index contributed by atoms with van der Waals surface area (Å²) in [5.41, 5.74) is 3.81. The van der Waals surface area contributed by atoms with Gasteiger partial charge in [-0.05, 0) is 71.0 Å². The van der Waals surface area contributed by atoms with E-state index in [0.29, 0.717) is 6.04 Å². The van der Waals surface area contributed by atoms with E-state index in [1.54, 1.807) is 0 Å². The molecular formula is C20H29N3O. The van der Waals surface area contributed by atoms with Gasteiger partial charge < -0.3 is 9.64 Å². The fraction of sp³-hybridized carbons (Fsp3) is 0.550. The zero-order valence-electron chi connectivity index (χ0n) is 15.3. The van der Waals surface area contributed by atoms with E-state index >= 15 is 0 Å². The number of nitrogens with zero attached hydrogens (tertiary/aromatic N) is 3. The van der Waals surface area contributed by atoms with Crippen LogP contribution in [0.25, 0.3) is 11.3 Å². The number of ether oxygens (including phenoxy) is 1. The minimum atomic E-state index is 0.199. The van der Waals surface area contributed by atoms with E-state index in [1.807, 2.05) is 0 Å². The Bertz CT molecular complexity index is 656. The lowest BCUT2D eigenvalue weighted by atomic mass is 9.92. The molecule has 1 aromatic heterocycles. The Kier molecular flexibility index (Phi) is 5.24. The average Bonchev–Trinajstić information content (AvgIpc) is 2.89. The van der Waals surface area contributed by atoms with E-state index in [-0.39, 0.29) is 6.10 Å². The predicted octanol–water partition coefficient (Wildman–Crippen LogP) is 4.51. The maximum Gasteiger partial charge on any atom is 0.119 e.